The molecule has 0 aromatic carbocycles. The van der Waals surface area contributed by atoms with Gasteiger partial charge in [-0.3, -0.25) is 24.6 Å². The van der Waals surface area contributed by atoms with Gasteiger partial charge in [-0.1, -0.05) is 13.8 Å². The first-order valence-corrected chi connectivity index (χ1v) is 11.6. The molecule has 168 valence electrons. The number of nitrogens with one attached hydrogen (secondary N) is 1. The molecule has 2 heterocycles. The van der Waals surface area contributed by atoms with Crippen LogP contribution in [0.3, 0.4) is 0 Å². The van der Waals surface area contributed by atoms with Crippen molar-refractivity contribution in [2.24, 2.45) is 11.8 Å². The van der Waals surface area contributed by atoms with Crippen LogP contribution in [0.1, 0.15) is 58.8 Å². The van der Waals surface area contributed by atoms with Crippen molar-refractivity contribution in [3.05, 3.63) is 0 Å². The van der Waals surface area contributed by atoms with E-state index in [9.17, 15) is 14.4 Å². The maximum atomic E-state index is 15.1. The molecule has 7 atom stereocenters. The highest BCUT2D eigenvalue weighted by Gasteiger charge is 2.51. The Hall–Kier alpha value is -1.54. The largest absolute Gasteiger partial charge is 0.370 e. The van der Waals surface area contributed by atoms with E-state index in [1.54, 1.807) is 4.90 Å². The van der Waals surface area contributed by atoms with E-state index in [0.29, 0.717) is 25.4 Å². The van der Waals surface area contributed by atoms with E-state index in [1.807, 2.05) is 0 Å². The van der Waals surface area contributed by atoms with Gasteiger partial charge in [0.25, 0.3) is 0 Å². The minimum absolute atomic E-state index is 0.00762. The fraction of sp³-hybridized carbons (Fsp3) is 0.864. The lowest BCUT2D eigenvalue weighted by molar-refractivity contribution is -0.145. The molecule has 4 rings (SSSR count). The number of carbonyl (C=O) groups excluding carboxylic acids is 3. The summed E-state index contributed by atoms with van der Waals surface area (Å²) in [7, 11) is 0. The van der Waals surface area contributed by atoms with Crippen LogP contribution in [0.25, 0.3) is 0 Å². The van der Waals surface area contributed by atoms with Crippen LogP contribution in [-0.2, 0) is 19.1 Å². The number of rotatable bonds is 6. The number of ether oxygens (including phenoxy) is 1. The molecule has 30 heavy (non-hydrogen) atoms. The number of alkyl halides is 1. The molecule has 8 heteroatoms. The number of hydrogen-bond donors (Lipinski definition) is 1. The maximum Gasteiger partial charge on any atom is 0.249 e. The van der Waals surface area contributed by atoms with Gasteiger partial charge in [0.15, 0.2) is 0 Å². The summed E-state index contributed by atoms with van der Waals surface area (Å²) in [6.45, 7) is 6.67. The average molecular weight is 424 g/mol. The predicted molar refractivity (Wildman–Crippen MR) is 108 cm³/mol. The molecule has 0 bridgehead atoms. The van der Waals surface area contributed by atoms with Crippen molar-refractivity contribution in [2.45, 2.75) is 89.3 Å². The van der Waals surface area contributed by atoms with E-state index in [1.165, 1.54) is 0 Å². The normalized spacial score (nSPS) is 39.5. The van der Waals surface area contributed by atoms with E-state index in [-0.39, 0.29) is 42.6 Å². The van der Waals surface area contributed by atoms with Crippen molar-refractivity contribution in [3.63, 3.8) is 0 Å². The Morgan fingerprint density at radius 2 is 1.87 bits per heavy atom. The van der Waals surface area contributed by atoms with E-state index in [2.05, 4.69) is 24.1 Å². The predicted octanol–water partition coefficient (Wildman–Crippen LogP) is 1.65. The van der Waals surface area contributed by atoms with Crippen LogP contribution in [0.15, 0.2) is 0 Å². The number of likely N-dealkylation sites (tertiary alicyclic amines) is 1. The zero-order chi connectivity index (χ0) is 21.4. The van der Waals surface area contributed by atoms with Crippen molar-refractivity contribution in [2.75, 3.05) is 19.6 Å². The number of carbonyl (C=O) groups is 3. The lowest BCUT2D eigenvalue weighted by Gasteiger charge is -2.38. The van der Waals surface area contributed by atoms with Crippen LogP contribution < -0.4 is 5.32 Å². The molecule has 1 N–H and O–H groups in total. The summed E-state index contributed by atoms with van der Waals surface area (Å²) in [4.78, 5) is 40.6. The quantitative estimate of drug-likeness (QED) is 0.657. The Balaban J connectivity index is 1.40. The summed E-state index contributed by atoms with van der Waals surface area (Å²) >= 11 is 0. The zero-order valence-electron chi connectivity index (χ0n) is 18.0. The van der Waals surface area contributed by atoms with Gasteiger partial charge in [0.1, 0.15) is 12.2 Å². The Kier molecular flexibility index (Phi) is 6.44. The van der Waals surface area contributed by atoms with Crippen molar-refractivity contribution < 1.29 is 23.5 Å². The molecule has 0 aromatic heterocycles. The molecule has 4 fully saturated rings. The van der Waals surface area contributed by atoms with Crippen LogP contribution in [0.2, 0.25) is 0 Å². The molecule has 2 saturated carbocycles. The molecule has 3 amide bonds. The number of amides is 3. The summed E-state index contributed by atoms with van der Waals surface area (Å²) < 4.78 is 21.4. The molecule has 7 nitrogen and oxygen atoms in total. The molecule has 7 unspecified atom stereocenters. The Bertz CT molecular complexity index is 685. The Morgan fingerprint density at radius 3 is 2.57 bits per heavy atom. The highest BCUT2D eigenvalue weighted by molar-refractivity contribution is 6.02. The monoisotopic (exact) mass is 423 g/mol. The molecule has 4 aliphatic rings. The van der Waals surface area contributed by atoms with Gasteiger partial charge in [-0.25, -0.2) is 4.39 Å². The molecular weight excluding hydrogens is 389 g/mol. The van der Waals surface area contributed by atoms with Crippen LogP contribution in [0, 0.1) is 11.8 Å². The smallest absolute Gasteiger partial charge is 0.249 e. The molecule has 2 aliphatic heterocycles. The summed E-state index contributed by atoms with van der Waals surface area (Å²) in [6.07, 6.45) is 2.82. The third kappa shape index (κ3) is 4.00. The van der Waals surface area contributed by atoms with Crippen molar-refractivity contribution >= 4 is 17.7 Å². The number of fused-ring (bicyclic) bond motifs is 1. The number of nitrogens with zero attached hydrogens (tertiary/aromatic N) is 2. The third-order valence-electron chi connectivity index (χ3n) is 7.65. The Morgan fingerprint density at radius 1 is 1.10 bits per heavy atom. The molecule has 2 aliphatic carbocycles. The molecular formula is C22H34FN3O4. The highest BCUT2D eigenvalue weighted by Crippen LogP contribution is 2.42. The molecule has 0 aromatic rings. The summed E-state index contributed by atoms with van der Waals surface area (Å²) in [6, 6.07) is -0.268. The minimum Gasteiger partial charge on any atom is -0.370 e. The van der Waals surface area contributed by atoms with Crippen LogP contribution in [0.5, 0.6) is 0 Å². The van der Waals surface area contributed by atoms with E-state index >= 15 is 4.39 Å². The van der Waals surface area contributed by atoms with Gasteiger partial charge in [0.2, 0.25) is 17.7 Å². The van der Waals surface area contributed by atoms with Crippen LogP contribution >= 0.6 is 0 Å². The van der Waals surface area contributed by atoms with Gasteiger partial charge in [-0.05, 0) is 57.5 Å². The lowest BCUT2D eigenvalue weighted by atomic mass is 9.79. The van der Waals surface area contributed by atoms with Gasteiger partial charge in [0.05, 0.1) is 12.2 Å². The van der Waals surface area contributed by atoms with Crippen LogP contribution in [-0.4, -0.2) is 77.6 Å². The van der Waals surface area contributed by atoms with E-state index in [0.717, 1.165) is 32.4 Å². The second kappa shape index (κ2) is 8.91. The van der Waals surface area contributed by atoms with E-state index in [4.69, 9.17) is 4.74 Å². The Labute approximate surface area is 177 Å². The van der Waals surface area contributed by atoms with Gasteiger partial charge in [-0.2, -0.15) is 0 Å². The first-order chi connectivity index (χ1) is 14.4. The van der Waals surface area contributed by atoms with Crippen LogP contribution in [0.4, 0.5) is 4.39 Å². The summed E-state index contributed by atoms with van der Waals surface area (Å²) in [5.74, 6) is -1.22. The third-order valence-corrected chi connectivity index (χ3v) is 7.65. The second-order valence-corrected chi connectivity index (χ2v) is 9.24. The SMILES string of the molecule is CCN(CC)C1CCCC1OC1CC2CN(C3CCC(=O)NC3=O)C(=O)C2CC1F. The van der Waals surface area contributed by atoms with Crippen molar-refractivity contribution in [1.29, 1.82) is 0 Å². The number of imide groups is 1. The fourth-order valence-corrected chi connectivity index (χ4v) is 6.06. The summed E-state index contributed by atoms with van der Waals surface area (Å²) in [5.41, 5.74) is 0. The number of piperidine rings is 1. The number of likely N-dealkylation sites (N-methyl/N-ethyl adjacent to an activating group) is 1. The molecule has 0 spiro atoms. The minimum atomic E-state index is -1.16. The standard InChI is InChI=1S/C22H34FN3O4/c1-3-25(4-2)16-6-5-7-18(16)30-19-10-13-12-26(22(29)14(13)11-15(19)23)17-8-9-20(27)24-21(17)28/h13-19H,3-12H2,1-2H3,(H,24,27,28). The average Bonchev–Trinajstić information content (AvgIpc) is 3.29. The number of halogens is 1. The number of hydrogen-bond acceptors (Lipinski definition) is 5. The van der Waals surface area contributed by atoms with Crippen molar-refractivity contribution in [3.8, 4) is 0 Å². The molecule has 2 saturated heterocycles. The van der Waals surface area contributed by atoms with Gasteiger partial charge < -0.3 is 9.64 Å². The van der Waals surface area contributed by atoms with Crippen molar-refractivity contribution in [1.82, 2.24) is 15.1 Å². The maximum absolute atomic E-state index is 15.1. The van der Waals surface area contributed by atoms with Gasteiger partial charge in [-0.15, -0.1) is 0 Å². The van der Waals surface area contributed by atoms with Gasteiger partial charge >= 0.3 is 0 Å². The lowest BCUT2D eigenvalue weighted by Crippen LogP contribution is -2.53. The fourth-order valence-electron chi connectivity index (χ4n) is 6.06. The second-order valence-electron chi connectivity index (χ2n) is 9.24. The summed E-state index contributed by atoms with van der Waals surface area (Å²) in [5, 5.41) is 2.33. The van der Waals surface area contributed by atoms with Gasteiger partial charge in [0, 0.05) is 24.9 Å². The molecule has 0 radical (unpaired) electrons. The zero-order valence-corrected chi connectivity index (χ0v) is 18.0. The first kappa shape index (κ1) is 21.7. The first-order valence-electron chi connectivity index (χ1n) is 11.6. The highest BCUT2D eigenvalue weighted by atomic mass is 19.1. The topological polar surface area (TPSA) is 79.0 Å². The van der Waals surface area contributed by atoms with E-state index < -0.39 is 24.2 Å².